The van der Waals surface area contributed by atoms with Gasteiger partial charge in [-0.15, -0.1) is 0 Å². The van der Waals surface area contributed by atoms with Crippen LogP contribution in [-0.4, -0.2) is 18.0 Å². The van der Waals surface area contributed by atoms with Crippen molar-refractivity contribution in [2.45, 2.75) is 39.2 Å². The molecule has 0 N–H and O–H groups in total. The fraction of sp³-hybridized carbons (Fsp3) is 0.259. The second-order valence-electron chi connectivity index (χ2n) is 8.33. The van der Waals surface area contributed by atoms with Crippen molar-refractivity contribution < 1.29 is 9.53 Å². The summed E-state index contributed by atoms with van der Waals surface area (Å²) in [6.07, 6.45) is 4.57. The molecular weight excluding hydrogens is 416 g/mol. The molecule has 1 aliphatic rings. The molecule has 0 radical (unpaired) electrons. The summed E-state index contributed by atoms with van der Waals surface area (Å²) >= 11 is 1.55. The number of carbonyl (C=O) groups is 1. The van der Waals surface area contributed by atoms with Gasteiger partial charge in [-0.25, -0.2) is 4.98 Å². The van der Waals surface area contributed by atoms with E-state index in [1.165, 1.54) is 24.0 Å². The minimum atomic E-state index is -0.0158. The van der Waals surface area contributed by atoms with Gasteiger partial charge in [-0.1, -0.05) is 53.8 Å². The average Bonchev–Trinajstić information content (AvgIpc) is 3.29. The van der Waals surface area contributed by atoms with Crippen LogP contribution in [0, 0.1) is 6.92 Å². The average molecular weight is 443 g/mol. The quantitative estimate of drug-likeness (QED) is 0.362. The third-order valence-corrected chi connectivity index (χ3v) is 7.38. The van der Waals surface area contributed by atoms with Crippen LogP contribution >= 0.6 is 11.3 Å². The fourth-order valence-electron chi connectivity index (χ4n) is 4.39. The maximum Gasteiger partial charge on any atom is 0.260 e. The highest BCUT2D eigenvalue weighted by atomic mass is 32.1. The Morgan fingerprint density at radius 3 is 2.59 bits per heavy atom. The van der Waals surface area contributed by atoms with Gasteiger partial charge in [0.15, 0.2) is 5.13 Å². The van der Waals surface area contributed by atoms with Crippen LogP contribution in [0.25, 0.3) is 10.2 Å². The monoisotopic (exact) mass is 442 g/mol. The summed E-state index contributed by atoms with van der Waals surface area (Å²) < 4.78 is 6.59. The van der Waals surface area contributed by atoms with Crippen molar-refractivity contribution in [3.05, 3.63) is 88.5 Å². The lowest BCUT2D eigenvalue weighted by Crippen LogP contribution is -2.30. The molecule has 4 aromatic rings. The maximum atomic E-state index is 13.8. The molecule has 0 bridgehead atoms. The maximum absolute atomic E-state index is 13.8. The number of amides is 1. The van der Waals surface area contributed by atoms with Gasteiger partial charge in [0.1, 0.15) is 11.3 Å². The minimum absolute atomic E-state index is 0.0158. The van der Waals surface area contributed by atoms with Gasteiger partial charge in [-0.05, 0) is 73.1 Å². The van der Waals surface area contributed by atoms with Gasteiger partial charge in [0.2, 0.25) is 0 Å². The molecule has 1 aliphatic carbocycles. The number of methoxy groups -OCH3 is 1. The fourth-order valence-corrected chi connectivity index (χ4v) is 5.44. The van der Waals surface area contributed by atoms with Crippen LogP contribution < -0.4 is 9.64 Å². The van der Waals surface area contributed by atoms with Crippen LogP contribution in [0.15, 0.2) is 60.7 Å². The molecule has 0 aliphatic heterocycles. The van der Waals surface area contributed by atoms with Crippen molar-refractivity contribution >= 4 is 32.6 Å². The smallest absolute Gasteiger partial charge is 0.260 e. The first-order chi connectivity index (χ1) is 15.6. The number of carbonyl (C=O) groups excluding carboxylic acids is 1. The summed E-state index contributed by atoms with van der Waals surface area (Å²) in [4.78, 5) is 20.5. The van der Waals surface area contributed by atoms with Crippen LogP contribution in [0.4, 0.5) is 5.13 Å². The second kappa shape index (κ2) is 8.75. The second-order valence-corrected chi connectivity index (χ2v) is 9.30. The van der Waals surface area contributed by atoms with E-state index >= 15 is 0 Å². The predicted molar refractivity (Wildman–Crippen MR) is 131 cm³/mol. The van der Waals surface area contributed by atoms with Gasteiger partial charge >= 0.3 is 0 Å². The lowest BCUT2D eigenvalue weighted by Gasteiger charge is -2.22. The van der Waals surface area contributed by atoms with E-state index in [9.17, 15) is 4.79 Å². The van der Waals surface area contributed by atoms with Crippen molar-refractivity contribution in [2.75, 3.05) is 12.0 Å². The minimum Gasteiger partial charge on any atom is -0.494 e. The Hall–Kier alpha value is -3.18. The molecule has 3 aromatic carbocycles. The summed E-state index contributed by atoms with van der Waals surface area (Å²) in [5, 5.41) is 0.694. The van der Waals surface area contributed by atoms with E-state index in [-0.39, 0.29) is 5.91 Å². The summed E-state index contributed by atoms with van der Waals surface area (Å²) in [5.41, 5.74) is 6.42. The van der Waals surface area contributed by atoms with E-state index in [4.69, 9.17) is 9.72 Å². The Morgan fingerprint density at radius 1 is 1.03 bits per heavy atom. The summed E-state index contributed by atoms with van der Waals surface area (Å²) in [7, 11) is 1.66. The van der Waals surface area contributed by atoms with Gasteiger partial charge in [-0.2, -0.15) is 0 Å². The zero-order chi connectivity index (χ0) is 22.1. The van der Waals surface area contributed by atoms with Crippen molar-refractivity contribution in [1.29, 1.82) is 0 Å². The molecule has 0 atom stereocenters. The number of fused-ring (bicyclic) bond motifs is 2. The molecular formula is C27H26N2O2S. The van der Waals surface area contributed by atoms with Gasteiger partial charge < -0.3 is 4.74 Å². The summed E-state index contributed by atoms with van der Waals surface area (Å²) in [5.74, 6) is 0.715. The lowest BCUT2D eigenvalue weighted by atomic mass is 9.90. The standard InChI is InChI=1S/C27H26N2O2S/c1-18-12-15-23(31-2)24-25(18)32-27(28-24)29(17-19-8-4-3-5-9-19)26(30)22-14-13-20-10-6-7-11-21(20)16-22/h3-5,8-9,12-16H,6-7,10-11,17H2,1-2H3. The first-order valence-electron chi connectivity index (χ1n) is 11.1. The Labute approximate surface area is 192 Å². The number of anilines is 1. The number of benzene rings is 3. The van der Waals surface area contributed by atoms with E-state index in [1.54, 1.807) is 18.4 Å². The normalized spacial score (nSPS) is 13.1. The van der Waals surface area contributed by atoms with E-state index in [0.29, 0.717) is 11.7 Å². The van der Waals surface area contributed by atoms with Crippen LogP contribution in [0.1, 0.15) is 45.5 Å². The summed E-state index contributed by atoms with van der Waals surface area (Å²) in [6, 6.07) is 20.3. The van der Waals surface area contributed by atoms with Gasteiger partial charge in [-0.3, -0.25) is 9.69 Å². The molecule has 32 heavy (non-hydrogen) atoms. The van der Waals surface area contributed by atoms with E-state index in [1.807, 2.05) is 53.4 Å². The highest BCUT2D eigenvalue weighted by Gasteiger charge is 2.24. The summed E-state index contributed by atoms with van der Waals surface area (Å²) in [6.45, 7) is 2.54. The van der Waals surface area contributed by atoms with Gasteiger partial charge in [0, 0.05) is 5.56 Å². The molecule has 0 unspecified atom stereocenters. The first-order valence-corrected chi connectivity index (χ1v) is 11.9. The van der Waals surface area contributed by atoms with Gasteiger partial charge in [0.25, 0.3) is 5.91 Å². The highest BCUT2D eigenvalue weighted by molar-refractivity contribution is 7.22. The van der Waals surface area contributed by atoms with Crippen LogP contribution in [0.2, 0.25) is 0 Å². The number of thiazole rings is 1. The Morgan fingerprint density at radius 2 is 1.81 bits per heavy atom. The van der Waals surface area contributed by atoms with Crippen LogP contribution in [0.3, 0.4) is 0 Å². The third kappa shape index (κ3) is 3.89. The largest absolute Gasteiger partial charge is 0.494 e. The van der Waals surface area contributed by atoms with Crippen molar-refractivity contribution in [1.82, 2.24) is 4.98 Å². The predicted octanol–water partition coefficient (Wildman–Crippen LogP) is 6.34. The molecule has 1 amide bonds. The number of ether oxygens (including phenoxy) is 1. The lowest BCUT2D eigenvalue weighted by molar-refractivity contribution is 0.0985. The number of aromatic nitrogens is 1. The molecule has 5 rings (SSSR count). The number of hydrogen-bond donors (Lipinski definition) is 0. The molecule has 4 nitrogen and oxygen atoms in total. The molecule has 0 spiro atoms. The van der Waals surface area contributed by atoms with Crippen LogP contribution in [-0.2, 0) is 19.4 Å². The zero-order valence-corrected chi connectivity index (χ0v) is 19.2. The molecule has 0 saturated carbocycles. The van der Waals surface area contributed by atoms with E-state index in [2.05, 4.69) is 19.1 Å². The number of hydrogen-bond acceptors (Lipinski definition) is 4. The van der Waals surface area contributed by atoms with Crippen LogP contribution in [0.5, 0.6) is 5.75 Å². The van der Waals surface area contributed by atoms with Crippen molar-refractivity contribution in [3.63, 3.8) is 0 Å². The van der Waals surface area contributed by atoms with Gasteiger partial charge in [0.05, 0.1) is 18.4 Å². The molecule has 0 fully saturated rings. The molecule has 5 heteroatoms. The first kappa shape index (κ1) is 20.7. The Kier molecular flexibility index (Phi) is 5.66. The third-order valence-electron chi connectivity index (χ3n) is 6.17. The Balaban J connectivity index is 1.59. The Bertz CT molecular complexity index is 1280. The van der Waals surface area contributed by atoms with Crippen molar-refractivity contribution in [3.8, 4) is 5.75 Å². The highest BCUT2D eigenvalue weighted by Crippen LogP contribution is 2.37. The number of rotatable bonds is 5. The number of aryl methyl sites for hydroxylation is 3. The topological polar surface area (TPSA) is 42.4 Å². The van der Waals surface area contributed by atoms with Crippen molar-refractivity contribution in [2.24, 2.45) is 0 Å². The molecule has 1 heterocycles. The van der Waals surface area contributed by atoms with E-state index in [0.717, 1.165) is 45.5 Å². The molecule has 0 saturated heterocycles. The molecule has 1 aromatic heterocycles. The SMILES string of the molecule is COc1ccc(C)c2sc(N(Cc3ccccc3)C(=O)c3ccc4c(c3)CCCC4)nc12. The van der Waals surface area contributed by atoms with E-state index < -0.39 is 0 Å². The zero-order valence-electron chi connectivity index (χ0n) is 18.4. The molecule has 162 valence electrons. The number of nitrogens with zero attached hydrogens (tertiary/aromatic N) is 2.